The van der Waals surface area contributed by atoms with Crippen LogP contribution in [0.5, 0.6) is 0 Å². The molecule has 4 nitrogen and oxygen atoms in total. The highest BCUT2D eigenvalue weighted by atomic mass is 127. The molecular formula is C30H23IN2O2S2. The molecule has 0 bridgehead atoms. The van der Waals surface area contributed by atoms with Crippen LogP contribution >= 0.6 is 45.3 Å². The SMILES string of the molecule is Cc1ccc(-c2nc3cc(C=O)ccc3s2)cc1.Cc1ccc(I)cc1.O=Cc1ccc2scnc2c1. The van der Waals surface area contributed by atoms with Crippen molar-refractivity contribution < 1.29 is 9.59 Å². The first-order valence-electron chi connectivity index (χ1n) is 11.4. The van der Waals surface area contributed by atoms with Crippen LogP contribution in [0.15, 0.2) is 90.4 Å². The van der Waals surface area contributed by atoms with E-state index in [-0.39, 0.29) is 0 Å². The summed E-state index contributed by atoms with van der Waals surface area (Å²) in [4.78, 5) is 29.8. The van der Waals surface area contributed by atoms with Gasteiger partial charge in [-0.25, -0.2) is 9.97 Å². The average molecular weight is 635 g/mol. The Morgan fingerprint density at radius 1 is 0.703 bits per heavy atom. The molecule has 7 heteroatoms. The molecule has 0 atom stereocenters. The number of hydrogen-bond acceptors (Lipinski definition) is 6. The predicted molar refractivity (Wildman–Crippen MR) is 164 cm³/mol. The molecule has 37 heavy (non-hydrogen) atoms. The number of carbonyl (C=O) groups excluding carboxylic acids is 2. The van der Waals surface area contributed by atoms with Crippen molar-refractivity contribution in [1.82, 2.24) is 9.97 Å². The van der Waals surface area contributed by atoms with Crippen molar-refractivity contribution in [3.05, 3.63) is 116 Å². The molecule has 6 rings (SSSR count). The zero-order valence-corrected chi connectivity index (χ0v) is 24.0. The molecule has 4 aromatic carbocycles. The van der Waals surface area contributed by atoms with Crippen LogP contribution in [0, 0.1) is 17.4 Å². The van der Waals surface area contributed by atoms with E-state index in [9.17, 15) is 9.59 Å². The van der Waals surface area contributed by atoms with Gasteiger partial charge in [0.25, 0.3) is 0 Å². The minimum absolute atomic E-state index is 0.670. The number of aldehydes is 2. The lowest BCUT2D eigenvalue weighted by atomic mass is 10.2. The molecule has 0 saturated heterocycles. The molecule has 0 fully saturated rings. The van der Waals surface area contributed by atoms with Crippen molar-refractivity contribution in [2.75, 3.05) is 0 Å². The standard InChI is InChI=1S/C15H11NOS.C8H5NOS.C7H7I/c1-10-2-5-12(6-3-10)15-16-13-8-11(9-17)4-7-14(13)18-15;10-4-6-1-2-8-7(3-6)9-5-11-8;1-6-2-4-7(8)5-3-6/h2-9H,1H3;1-5H;2-5H,1H3. The van der Waals surface area contributed by atoms with Crippen LogP contribution in [-0.2, 0) is 0 Å². The lowest BCUT2D eigenvalue weighted by Crippen LogP contribution is -1.79. The third-order valence-corrected chi connectivity index (χ3v) is 7.96. The maximum absolute atomic E-state index is 10.7. The topological polar surface area (TPSA) is 59.9 Å². The first-order valence-corrected chi connectivity index (χ1v) is 14.2. The number of hydrogen-bond donors (Lipinski definition) is 0. The highest BCUT2D eigenvalue weighted by Gasteiger charge is 2.06. The van der Waals surface area contributed by atoms with Crippen LogP contribution < -0.4 is 0 Å². The Hall–Kier alpha value is -3.27. The van der Waals surface area contributed by atoms with Crippen molar-refractivity contribution in [3.8, 4) is 10.6 Å². The van der Waals surface area contributed by atoms with E-state index < -0.39 is 0 Å². The Kier molecular flexibility index (Phi) is 9.27. The van der Waals surface area contributed by atoms with Crippen LogP contribution in [0.4, 0.5) is 0 Å². The zero-order valence-electron chi connectivity index (χ0n) is 20.2. The van der Waals surface area contributed by atoms with Gasteiger partial charge in [-0.15, -0.1) is 22.7 Å². The summed E-state index contributed by atoms with van der Waals surface area (Å²) in [5.74, 6) is 0. The number of fused-ring (bicyclic) bond motifs is 2. The lowest BCUT2D eigenvalue weighted by Gasteiger charge is -1.95. The second-order valence-electron chi connectivity index (χ2n) is 8.22. The summed E-state index contributed by atoms with van der Waals surface area (Å²) in [6.07, 6.45) is 1.68. The molecule has 6 aromatic rings. The first-order chi connectivity index (χ1) is 17.9. The largest absolute Gasteiger partial charge is 0.298 e. The quantitative estimate of drug-likeness (QED) is 0.144. The van der Waals surface area contributed by atoms with Gasteiger partial charge in [-0.05, 0) is 72.8 Å². The van der Waals surface area contributed by atoms with Gasteiger partial charge in [-0.3, -0.25) is 9.59 Å². The Balaban J connectivity index is 0.000000143. The van der Waals surface area contributed by atoms with E-state index in [2.05, 4.69) is 94.9 Å². The van der Waals surface area contributed by atoms with Gasteiger partial charge in [0, 0.05) is 20.3 Å². The van der Waals surface area contributed by atoms with Gasteiger partial charge in [0.05, 0.1) is 25.9 Å². The molecule has 2 aromatic heterocycles. The van der Waals surface area contributed by atoms with Crippen LogP contribution in [0.2, 0.25) is 0 Å². The van der Waals surface area contributed by atoms with E-state index in [1.54, 1.807) is 40.3 Å². The minimum Gasteiger partial charge on any atom is -0.298 e. The van der Waals surface area contributed by atoms with Crippen LogP contribution in [-0.4, -0.2) is 22.5 Å². The smallest absolute Gasteiger partial charge is 0.150 e. The fraction of sp³-hybridized carbons (Fsp3) is 0.0667. The summed E-state index contributed by atoms with van der Waals surface area (Å²) in [5.41, 5.74) is 8.61. The number of aromatic nitrogens is 2. The molecule has 0 unspecified atom stereocenters. The summed E-state index contributed by atoms with van der Waals surface area (Å²) in [6, 6.07) is 27.9. The number of rotatable bonds is 3. The van der Waals surface area contributed by atoms with E-state index in [0.29, 0.717) is 11.1 Å². The van der Waals surface area contributed by atoms with Crippen LogP contribution in [0.1, 0.15) is 31.8 Å². The summed E-state index contributed by atoms with van der Waals surface area (Å²) in [6.45, 7) is 4.16. The number of aryl methyl sites for hydroxylation is 2. The van der Waals surface area contributed by atoms with Gasteiger partial charge in [-0.2, -0.15) is 0 Å². The van der Waals surface area contributed by atoms with Gasteiger partial charge < -0.3 is 0 Å². The number of nitrogens with zero attached hydrogens (tertiary/aromatic N) is 2. The number of benzene rings is 4. The normalized spacial score (nSPS) is 10.2. The molecule has 0 aliphatic heterocycles. The molecule has 0 N–H and O–H groups in total. The molecular weight excluding hydrogens is 611 g/mol. The van der Waals surface area contributed by atoms with E-state index in [1.807, 2.05) is 24.3 Å². The number of carbonyl (C=O) groups is 2. The molecule has 0 saturated carbocycles. The third kappa shape index (κ3) is 7.38. The molecule has 0 radical (unpaired) electrons. The van der Waals surface area contributed by atoms with Crippen LogP contribution in [0.3, 0.4) is 0 Å². The lowest BCUT2D eigenvalue weighted by molar-refractivity contribution is 0.111. The Labute approximate surface area is 237 Å². The summed E-state index contributed by atoms with van der Waals surface area (Å²) < 4.78 is 3.53. The monoisotopic (exact) mass is 634 g/mol. The van der Waals surface area contributed by atoms with Crippen molar-refractivity contribution in [2.24, 2.45) is 0 Å². The molecule has 184 valence electrons. The predicted octanol–water partition coefficient (Wildman–Crippen LogP) is 8.79. The fourth-order valence-electron chi connectivity index (χ4n) is 3.32. The third-order valence-electron chi connectivity index (χ3n) is 5.35. The van der Waals surface area contributed by atoms with E-state index in [1.165, 1.54) is 14.7 Å². The number of thiazole rings is 2. The van der Waals surface area contributed by atoms with E-state index in [4.69, 9.17) is 0 Å². The van der Waals surface area contributed by atoms with E-state index in [0.717, 1.165) is 43.6 Å². The summed E-state index contributed by atoms with van der Waals surface area (Å²) >= 11 is 5.52. The highest BCUT2D eigenvalue weighted by molar-refractivity contribution is 14.1. The maximum atomic E-state index is 10.7. The van der Waals surface area contributed by atoms with Gasteiger partial charge in [0.2, 0.25) is 0 Å². The van der Waals surface area contributed by atoms with Crippen molar-refractivity contribution in [3.63, 3.8) is 0 Å². The van der Waals surface area contributed by atoms with Crippen molar-refractivity contribution in [2.45, 2.75) is 13.8 Å². The Bertz CT molecular complexity index is 1620. The van der Waals surface area contributed by atoms with Gasteiger partial charge in [-0.1, -0.05) is 59.7 Å². The molecule has 0 amide bonds. The minimum atomic E-state index is 0.670. The zero-order chi connectivity index (χ0) is 26.2. The van der Waals surface area contributed by atoms with Crippen LogP contribution in [0.25, 0.3) is 31.0 Å². The molecule has 0 aliphatic rings. The Morgan fingerprint density at radius 3 is 1.86 bits per heavy atom. The van der Waals surface area contributed by atoms with Crippen molar-refractivity contribution >= 4 is 78.3 Å². The fourth-order valence-corrected chi connectivity index (χ4v) is 5.29. The van der Waals surface area contributed by atoms with Gasteiger partial charge in [0.15, 0.2) is 0 Å². The second-order valence-corrected chi connectivity index (χ2v) is 11.4. The molecule has 0 aliphatic carbocycles. The molecule has 2 heterocycles. The summed E-state index contributed by atoms with van der Waals surface area (Å²) in [5, 5.41) is 0.994. The van der Waals surface area contributed by atoms with Gasteiger partial charge >= 0.3 is 0 Å². The first kappa shape index (κ1) is 26.8. The average Bonchev–Trinajstić information content (AvgIpc) is 3.57. The summed E-state index contributed by atoms with van der Waals surface area (Å²) in [7, 11) is 0. The van der Waals surface area contributed by atoms with Gasteiger partial charge in [0.1, 0.15) is 17.6 Å². The maximum Gasteiger partial charge on any atom is 0.150 e. The molecule has 0 spiro atoms. The van der Waals surface area contributed by atoms with Crippen molar-refractivity contribution in [1.29, 1.82) is 0 Å². The Morgan fingerprint density at radius 2 is 1.27 bits per heavy atom. The number of halogens is 1. The highest BCUT2D eigenvalue weighted by Crippen LogP contribution is 2.30. The van der Waals surface area contributed by atoms with E-state index >= 15 is 0 Å². The second kappa shape index (κ2) is 12.8.